The zero-order valence-corrected chi connectivity index (χ0v) is 34.6. The van der Waals surface area contributed by atoms with Crippen LogP contribution >= 0.6 is 0 Å². The van der Waals surface area contributed by atoms with Crippen molar-refractivity contribution in [3.63, 3.8) is 0 Å². The summed E-state index contributed by atoms with van der Waals surface area (Å²) in [6.45, 7) is 7.68. The van der Waals surface area contributed by atoms with E-state index in [4.69, 9.17) is 25.9 Å². The molecule has 8 aromatic carbocycles. The Morgan fingerprint density at radius 3 is 1.68 bits per heavy atom. The topological polar surface area (TPSA) is 56.2 Å². The molecule has 1 spiro atoms. The van der Waals surface area contributed by atoms with Crippen LogP contribution in [0.2, 0.25) is 0 Å². The van der Waals surface area contributed by atoms with E-state index in [0.717, 1.165) is 73.7 Å². The highest BCUT2D eigenvalue weighted by atomic mass is 16.3. The third-order valence-corrected chi connectivity index (χ3v) is 13.4. The van der Waals surface area contributed by atoms with Crippen LogP contribution in [0, 0.1) is 6.57 Å². The average Bonchev–Trinajstić information content (AvgIpc) is 3.86. The molecule has 2 aliphatic rings. The summed E-state index contributed by atoms with van der Waals surface area (Å²) in [6.07, 6.45) is 6.05. The van der Waals surface area contributed by atoms with Crippen LogP contribution in [0.25, 0.3) is 105 Å². The molecule has 2 heterocycles. The van der Waals surface area contributed by atoms with Crippen LogP contribution in [0.3, 0.4) is 0 Å². The van der Waals surface area contributed by atoms with Crippen molar-refractivity contribution in [2.24, 2.45) is 0 Å². The molecule has 0 bridgehead atoms. The molecule has 2 aromatic heterocycles. The van der Waals surface area contributed by atoms with Crippen molar-refractivity contribution in [2.45, 2.75) is 37.5 Å². The van der Waals surface area contributed by atoms with Gasteiger partial charge in [0.2, 0.25) is 0 Å². The number of nitrogens with zero attached hydrogens (tertiary/aromatic N) is 4. The number of hydrogen-bond acceptors (Lipinski definition) is 4. The Morgan fingerprint density at radius 1 is 0.397 bits per heavy atom. The van der Waals surface area contributed by atoms with Gasteiger partial charge in [-0.05, 0) is 111 Å². The largest absolute Gasteiger partial charge is 0.456 e. The Hall–Kier alpha value is -7.94. The van der Waals surface area contributed by atoms with Crippen molar-refractivity contribution in [1.82, 2.24) is 15.0 Å². The summed E-state index contributed by atoms with van der Waals surface area (Å²) >= 11 is 0. The predicted molar refractivity (Wildman–Crippen MR) is 255 cm³/mol. The molecule has 12 rings (SSSR count). The quantitative estimate of drug-likeness (QED) is 0.157. The Labute approximate surface area is 366 Å². The van der Waals surface area contributed by atoms with Gasteiger partial charge in [-0.3, -0.25) is 0 Å². The highest BCUT2D eigenvalue weighted by Crippen LogP contribution is 2.57. The van der Waals surface area contributed by atoms with Crippen LogP contribution in [0.1, 0.15) is 43.2 Å². The first-order valence-corrected chi connectivity index (χ1v) is 21.8. The first kappa shape index (κ1) is 36.9. The maximum absolute atomic E-state index is 7.68. The standard InChI is InChI=1S/C58H40N4O/c1-59-46-27-29-51-49(36-46)47-28-25-44(35-52(47)58(51)31-8-3-9-32-58)43-14-10-13-42(33-43)39-19-23-41(24-20-39)56-60-55(40-21-17-38(18-22-40)37-11-4-2-5-12-37)61-57(62-56)45-26-30-54-50(34-45)48-15-6-7-16-53(48)63-54/h2,4-7,10-30,33-36H,3,8-9,31-32H2. The fourth-order valence-electron chi connectivity index (χ4n) is 10.2. The van der Waals surface area contributed by atoms with E-state index >= 15 is 0 Å². The molecule has 1 fully saturated rings. The molecule has 0 radical (unpaired) electrons. The fourth-order valence-corrected chi connectivity index (χ4v) is 10.2. The summed E-state index contributed by atoms with van der Waals surface area (Å²) in [4.78, 5) is 19.1. The molecule has 5 heteroatoms. The summed E-state index contributed by atoms with van der Waals surface area (Å²) in [5.41, 5.74) is 17.5. The van der Waals surface area contributed by atoms with E-state index in [9.17, 15) is 0 Å². The van der Waals surface area contributed by atoms with Crippen molar-refractivity contribution >= 4 is 27.6 Å². The van der Waals surface area contributed by atoms with Gasteiger partial charge in [0.15, 0.2) is 23.2 Å². The van der Waals surface area contributed by atoms with Gasteiger partial charge < -0.3 is 4.42 Å². The molecule has 0 saturated heterocycles. The summed E-state index contributed by atoms with van der Waals surface area (Å²) in [7, 11) is 0. The Morgan fingerprint density at radius 2 is 0.952 bits per heavy atom. The first-order valence-electron chi connectivity index (χ1n) is 21.8. The van der Waals surface area contributed by atoms with Gasteiger partial charge in [-0.25, -0.2) is 19.8 Å². The lowest BCUT2D eigenvalue weighted by Gasteiger charge is -2.36. The lowest BCUT2D eigenvalue weighted by Crippen LogP contribution is -2.28. The third-order valence-electron chi connectivity index (χ3n) is 13.4. The molecule has 298 valence electrons. The Kier molecular flexibility index (Phi) is 8.72. The van der Waals surface area contributed by atoms with Gasteiger partial charge in [0.25, 0.3) is 0 Å². The number of benzene rings is 8. The third kappa shape index (κ3) is 6.34. The van der Waals surface area contributed by atoms with E-state index in [1.807, 2.05) is 42.5 Å². The molecule has 10 aromatic rings. The van der Waals surface area contributed by atoms with Gasteiger partial charge >= 0.3 is 0 Å². The van der Waals surface area contributed by atoms with E-state index in [0.29, 0.717) is 23.2 Å². The van der Waals surface area contributed by atoms with Crippen molar-refractivity contribution in [2.75, 3.05) is 0 Å². The lowest BCUT2D eigenvalue weighted by molar-refractivity contribution is 0.353. The van der Waals surface area contributed by atoms with Gasteiger partial charge in [0, 0.05) is 32.9 Å². The summed E-state index contributed by atoms with van der Waals surface area (Å²) in [5, 5.41) is 2.09. The number of hydrogen-bond donors (Lipinski definition) is 0. The highest BCUT2D eigenvalue weighted by Gasteiger charge is 2.43. The zero-order chi connectivity index (χ0) is 41.9. The fraction of sp³-hybridized carbons (Fsp3) is 0.103. The number of fused-ring (bicyclic) bond motifs is 8. The molecule has 1 saturated carbocycles. The van der Waals surface area contributed by atoms with E-state index in [1.54, 1.807) is 0 Å². The molecular weight excluding hydrogens is 769 g/mol. The minimum Gasteiger partial charge on any atom is -0.456 e. The molecular formula is C58H40N4O. The van der Waals surface area contributed by atoms with Crippen molar-refractivity contribution in [3.8, 4) is 78.7 Å². The van der Waals surface area contributed by atoms with E-state index in [-0.39, 0.29) is 5.41 Å². The minimum atomic E-state index is 0.0215. The number of rotatable bonds is 6. The van der Waals surface area contributed by atoms with Crippen molar-refractivity contribution < 1.29 is 4.42 Å². The molecule has 0 aliphatic heterocycles. The molecule has 5 nitrogen and oxygen atoms in total. The van der Waals surface area contributed by atoms with Crippen molar-refractivity contribution in [3.05, 3.63) is 205 Å². The number of furan rings is 1. The van der Waals surface area contributed by atoms with Gasteiger partial charge in [-0.1, -0.05) is 159 Å². The van der Waals surface area contributed by atoms with Crippen LogP contribution in [-0.4, -0.2) is 15.0 Å². The summed E-state index contributed by atoms with van der Waals surface area (Å²) < 4.78 is 6.16. The van der Waals surface area contributed by atoms with Crippen molar-refractivity contribution in [1.29, 1.82) is 0 Å². The smallest absolute Gasteiger partial charge is 0.187 e. The molecule has 0 atom stereocenters. The van der Waals surface area contributed by atoms with Crippen LogP contribution in [-0.2, 0) is 5.41 Å². The Bertz CT molecular complexity index is 3430. The summed E-state index contributed by atoms with van der Waals surface area (Å²) in [6, 6.07) is 63.9. The lowest BCUT2D eigenvalue weighted by atomic mass is 9.67. The summed E-state index contributed by atoms with van der Waals surface area (Å²) in [5.74, 6) is 1.83. The van der Waals surface area contributed by atoms with E-state index in [2.05, 4.69) is 144 Å². The Balaban J connectivity index is 0.901. The maximum atomic E-state index is 7.68. The second-order valence-corrected chi connectivity index (χ2v) is 17.0. The zero-order valence-electron chi connectivity index (χ0n) is 34.6. The number of para-hydroxylation sites is 1. The van der Waals surface area contributed by atoms with Gasteiger partial charge in [-0.2, -0.15) is 0 Å². The first-order chi connectivity index (χ1) is 31.1. The van der Waals surface area contributed by atoms with Gasteiger partial charge in [0.1, 0.15) is 11.2 Å². The van der Waals surface area contributed by atoms with Gasteiger partial charge in [-0.15, -0.1) is 0 Å². The normalized spacial score (nSPS) is 13.8. The predicted octanol–water partition coefficient (Wildman–Crippen LogP) is 15.6. The highest BCUT2D eigenvalue weighted by molar-refractivity contribution is 6.06. The second kappa shape index (κ2) is 14.9. The van der Waals surface area contributed by atoms with Crippen LogP contribution in [0.5, 0.6) is 0 Å². The van der Waals surface area contributed by atoms with E-state index < -0.39 is 0 Å². The van der Waals surface area contributed by atoms with E-state index in [1.165, 1.54) is 52.6 Å². The van der Waals surface area contributed by atoms with Crippen LogP contribution in [0.15, 0.2) is 186 Å². The van der Waals surface area contributed by atoms with Crippen LogP contribution < -0.4 is 0 Å². The SMILES string of the molecule is [C-]#[N+]c1ccc2c(c1)-c1ccc(-c3cccc(-c4ccc(-c5nc(-c6ccc(-c7ccccc7)cc6)nc(-c6ccc7oc8ccccc8c7c6)n5)cc4)c3)cc1C21CCCCC1. The maximum Gasteiger partial charge on any atom is 0.187 e. The molecule has 63 heavy (non-hydrogen) atoms. The number of aromatic nitrogens is 3. The van der Waals surface area contributed by atoms with Crippen LogP contribution in [0.4, 0.5) is 5.69 Å². The second-order valence-electron chi connectivity index (χ2n) is 17.0. The molecule has 0 N–H and O–H groups in total. The minimum absolute atomic E-state index is 0.0215. The van der Waals surface area contributed by atoms with Gasteiger partial charge in [0.05, 0.1) is 6.57 Å². The monoisotopic (exact) mass is 808 g/mol. The molecule has 2 aliphatic carbocycles. The average molecular weight is 809 g/mol. The molecule has 0 amide bonds. The molecule has 0 unspecified atom stereocenters.